The Kier molecular flexibility index (Phi) is 4.34. The van der Waals surface area contributed by atoms with E-state index in [1.165, 1.54) is 12.1 Å². The lowest BCUT2D eigenvalue weighted by Crippen LogP contribution is -2.30. The highest BCUT2D eigenvalue weighted by Gasteiger charge is 2.34. The van der Waals surface area contributed by atoms with Crippen molar-refractivity contribution in [1.82, 2.24) is 15.2 Å². The maximum Gasteiger partial charge on any atom is 0.428 e. The molecule has 0 saturated carbocycles. The maximum absolute atomic E-state index is 13.4. The van der Waals surface area contributed by atoms with Crippen LogP contribution in [0.3, 0.4) is 0 Å². The number of benzene rings is 1. The molecular formula is C15H14F3N5O2. The van der Waals surface area contributed by atoms with Gasteiger partial charge in [-0.15, -0.1) is 0 Å². The molecule has 2 N–H and O–H groups in total. The molecule has 0 fully saturated rings. The molecule has 2 heterocycles. The van der Waals surface area contributed by atoms with E-state index in [4.69, 9.17) is 4.74 Å². The molecule has 0 unspecified atom stereocenters. The highest BCUT2D eigenvalue weighted by atomic mass is 19.4. The summed E-state index contributed by atoms with van der Waals surface area (Å²) in [5.41, 5.74) is 2.22. The first-order valence-electron chi connectivity index (χ1n) is 7.26. The first-order chi connectivity index (χ1) is 11.8. The van der Waals surface area contributed by atoms with E-state index in [-0.39, 0.29) is 30.1 Å². The average Bonchev–Trinajstić information content (AvgIpc) is 2.98. The monoisotopic (exact) mass is 353 g/mol. The van der Waals surface area contributed by atoms with Gasteiger partial charge in [-0.25, -0.2) is 10.2 Å². The predicted octanol–water partition coefficient (Wildman–Crippen LogP) is 2.49. The lowest BCUT2D eigenvalue weighted by molar-refractivity contribution is -0.137. The second-order valence-corrected chi connectivity index (χ2v) is 5.34. The van der Waals surface area contributed by atoms with Crippen LogP contribution in [-0.2, 0) is 24.5 Å². The molecule has 0 radical (unpaired) electrons. The van der Waals surface area contributed by atoms with Crippen molar-refractivity contribution in [2.75, 3.05) is 11.9 Å². The van der Waals surface area contributed by atoms with Gasteiger partial charge < -0.3 is 10.1 Å². The number of carbonyl (C=O) groups is 1. The molecule has 132 valence electrons. The summed E-state index contributed by atoms with van der Waals surface area (Å²) in [5, 5.41) is 10.6. The molecule has 3 rings (SSSR count). The van der Waals surface area contributed by atoms with Crippen LogP contribution in [-0.4, -0.2) is 28.2 Å². The van der Waals surface area contributed by atoms with Crippen LogP contribution < -0.4 is 10.7 Å². The standard InChI is InChI=1S/C15H14F3N5O2/c1-23-5-4-10(22-23)7-19-12-3-2-9(6-11(12)15(16,17)18)13-8-25-14(24)21-20-13/h2-6,19H,7-8H2,1H3,(H,21,24). The summed E-state index contributed by atoms with van der Waals surface area (Å²) in [6.07, 6.45) is -3.59. The summed E-state index contributed by atoms with van der Waals surface area (Å²) in [6.45, 7) is -0.0345. The Hall–Kier alpha value is -3.04. The Morgan fingerprint density at radius 1 is 1.36 bits per heavy atom. The summed E-state index contributed by atoms with van der Waals surface area (Å²) in [7, 11) is 1.73. The van der Waals surface area contributed by atoms with Crippen LogP contribution in [0.1, 0.15) is 16.8 Å². The zero-order valence-corrected chi connectivity index (χ0v) is 13.1. The fourth-order valence-corrected chi connectivity index (χ4v) is 2.32. The second kappa shape index (κ2) is 6.46. The minimum Gasteiger partial charge on any atom is -0.442 e. The van der Waals surface area contributed by atoms with Gasteiger partial charge in [-0.3, -0.25) is 4.68 Å². The van der Waals surface area contributed by atoms with Gasteiger partial charge in [0.05, 0.1) is 17.8 Å². The predicted molar refractivity (Wildman–Crippen MR) is 83.0 cm³/mol. The van der Waals surface area contributed by atoms with Crippen LogP contribution in [0.25, 0.3) is 0 Å². The molecule has 10 heteroatoms. The number of hydrazone groups is 1. The van der Waals surface area contributed by atoms with Gasteiger partial charge in [0.25, 0.3) is 0 Å². The van der Waals surface area contributed by atoms with Gasteiger partial charge in [0.2, 0.25) is 0 Å². The van der Waals surface area contributed by atoms with Gasteiger partial charge in [0.15, 0.2) is 0 Å². The summed E-state index contributed by atoms with van der Waals surface area (Å²) in [4.78, 5) is 10.9. The van der Waals surface area contributed by atoms with E-state index < -0.39 is 17.8 Å². The summed E-state index contributed by atoms with van der Waals surface area (Å²) >= 11 is 0. The Balaban J connectivity index is 1.86. The van der Waals surface area contributed by atoms with Gasteiger partial charge in [-0.05, 0) is 18.2 Å². The lowest BCUT2D eigenvalue weighted by atomic mass is 10.0. The number of alkyl halides is 3. The van der Waals surface area contributed by atoms with Crippen LogP contribution in [0.15, 0.2) is 35.6 Å². The number of aromatic nitrogens is 2. The lowest BCUT2D eigenvalue weighted by Gasteiger charge is -2.18. The molecule has 1 amide bonds. The highest BCUT2D eigenvalue weighted by Crippen LogP contribution is 2.36. The quantitative estimate of drug-likeness (QED) is 0.885. The van der Waals surface area contributed by atoms with Crippen molar-refractivity contribution < 1.29 is 22.7 Å². The van der Waals surface area contributed by atoms with E-state index in [2.05, 4.69) is 20.9 Å². The van der Waals surface area contributed by atoms with Gasteiger partial charge in [-0.2, -0.15) is 23.4 Å². The minimum atomic E-state index is -4.55. The van der Waals surface area contributed by atoms with Gasteiger partial charge >= 0.3 is 12.3 Å². The molecule has 0 aliphatic carbocycles. The van der Waals surface area contributed by atoms with Crippen LogP contribution in [0, 0.1) is 0 Å². The molecule has 0 saturated heterocycles. The zero-order valence-electron chi connectivity index (χ0n) is 13.1. The van der Waals surface area contributed by atoms with E-state index in [9.17, 15) is 18.0 Å². The Bertz CT molecular complexity index is 829. The van der Waals surface area contributed by atoms with E-state index in [0.717, 1.165) is 6.07 Å². The molecule has 25 heavy (non-hydrogen) atoms. The van der Waals surface area contributed by atoms with Crippen molar-refractivity contribution in [1.29, 1.82) is 0 Å². The van der Waals surface area contributed by atoms with E-state index in [1.54, 1.807) is 24.0 Å². The van der Waals surface area contributed by atoms with Crippen molar-refractivity contribution in [3.05, 3.63) is 47.3 Å². The number of hydrogen-bond donors (Lipinski definition) is 2. The topological polar surface area (TPSA) is 80.5 Å². The molecule has 2 aromatic rings. The van der Waals surface area contributed by atoms with E-state index in [0.29, 0.717) is 5.69 Å². The molecule has 7 nitrogen and oxygen atoms in total. The van der Waals surface area contributed by atoms with Crippen LogP contribution >= 0.6 is 0 Å². The molecule has 1 aromatic heterocycles. The molecule has 1 aliphatic rings. The first-order valence-corrected chi connectivity index (χ1v) is 7.26. The number of nitrogens with zero attached hydrogens (tertiary/aromatic N) is 3. The zero-order chi connectivity index (χ0) is 18.0. The van der Waals surface area contributed by atoms with Crippen molar-refractivity contribution in [3.63, 3.8) is 0 Å². The summed E-state index contributed by atoms with van der Waals surface area (Å²) in [6, 6.07) is 5.49. The molecular weight excluding hydrogens is 339 g/mol. The second-order valence-electron chi connectivity index (χ2n) is 5.34. The maximum atomic E-state index is 13.4. The third-order valence-corrected chi connectivity index (χ3v) is 3.51. The normalized spacial score (nSPS) is 14.6. The van der Waals surface area contributed by atoms with Gasteiger partial charge in [0, 0.05) is 24.5 Å². The number of nitrogens with one attached hydrogen (secondary N) is 2. The number of anilines is 1. The minimum absolute atomic E-state index is 0.0664. The van der Waals surface area contributed by atoms with Crippen molar-refractivity contribution in [3.8, 4) is 0 Å². The third-order valence-electron chi connectivity index (χ3n) is 3.51. The molecule has 1 aliphatic heterocycles. The summed E-state index contributed by atoms with van der Waals surface area (Å²) in [5.74, 6) is 0. The van der Waals surface area contributed by atoms with Crippen molar-refractivity contribution in [2.24, 2.45) is 12.1 Å². The molecule has 0 bridgehead atoms. The average molecular weight is 353 g/mol. The number of amides is 1. The molecule has 0 atom stereocenters. The van der Waals surface area contributed by atoms with Crippen LogP contribution in [0.5, 0.6) is 0 Å². The smallest absolute Gasteiger partial charge is 0.428 e. The number of carbonyl (C=O) groups excluding carboxylic acids is 1. The molecule has 1 aromatic carbocycles. The van der Waals surface area contributed by atoms with Crippen LogP contribution in [0.4, 0.5) is 23.7 Å². The fourth-order valence-electron chi connectivity index (χ4n) is 2.32. The third kappa shape index (κ3) is 3.90. The summed E-state index contributed by atoms with van der Waals surface area (Å²) < 4.78 is 46.5. The first kappa shape index (κ1) is 16.8. The number of rotatable bonds is 4. The number of cyclic esters (lactones) is 1. The number of ether oxygens (including phenoxy) is 1. The number of halogens is 3. The van der Waals surface area contributed by atoms with Crippen molar-refractivity contribution >= 4 is 17.5 Å². The highest BCUT2D eigenvalue weighted by molar-refractivity contribution is 6.04. The van der Waals surface area contributed by atoms with Gasteiger partial charge in [-0.1, -0.05) is 6.07 Å². The Labute approximate surface area is 140 Å². The number of aryl methyl sites for hydroxylation is 1. The van der Waals surface area contributed by atoms with Crippen LogP contribution in [0.2, 0.25) is 0 Å². The van der Waals surface area contributed by atoms with Crippen molar-refractivity contribution in [2.45, 2.75) is 12.7 Å². The molecule has 0 spiro atoms. The Morgan fingerprint density at radius 3 is 2.76 bits per heavy atom. The van der Waals surface area contributed by atoms with Gasteiger partial charge in [0.1, 0.15) is 12.3 Å². The van der Waals surface area contributed by atoms with E-state index >= 15 is 0 Å². The fraction of sp³-hybridized carbons (Fsp3) is 0.267. The largest absolute Gasteiger partial charge is 0.442 e. The van der Waals surface area contributed by atoms with E-state index in [1.807, 2.05) is 0 Å². The number of hydrogen-bond acceptors (Lipinski definition) is 5. The SMILES string of the molecule is Cn1ccc(CNc2ccc(C3=NNC(=O)OC3)cc2C(F)(F)F)n1. The Morgan fingerprint density at radius 2 is 2.16 bits per heavy atom.